The monoisotopic (exact) mass is 487 g/mol. The Hall–Kier alpha value is -3.42. The van der Waals surface area contributed by atoms with Crippen molar-refractivity contribution in [2.24, 2.45) is 0 Å². The zero-order valence-corrected chi connectivity index (χ0v) is 18.9. The molecule has 1 amide bonds. The summed E-state index contributed by atoms with van der Waals surface area (Å²) in [5.74, 6) is -1.36. The van der Waals surface area contributed by atoms with Gasteiger partial charge in [-0.25, -0.2) is 4.79 Å². The first-order valence-corrected chi connectivity index (χ1v) is 10.6. The van der Waals surface area contributed by atoms with Crippen molar-refractivity contribution in [2.75, 3.05) is 13.9 Å². The Morgan fingerprint density at radius 2 is 1.73 bits per heavy atom. The van der Waals surface area contributed by atoms with E-state index in [1.54, 1.807) is 42.5 Å². The second-order valence-corrected chi connectivity index (χ2v) is 8.11. The molecule has 0 fully saturated rings. The standard InChI is InChI=1S/C24H19Cl2NO6/c1-31-17-10-11-18-21(33-13-32-18)20(17)24(23(29)30,12-14-6-3-2-4-7-14)27-22(28)19-15(25)8-5-9-16(19)26/h2-11H,12-13H2,1H3,(H,27,28)(H,29,30)/t24-/m1/s1. The minimum atomic E-state index is -2.01. The van der Waals surface area contributed by atoms with Gasteiger partial charge in [0.05, 0.1) is 28.3 Å². The zero-order valence-electron chi connectivity index (χ0n) is 17.4. The molecule has 170 valence electrons. The molecule has 3 aromatic rings. The zero-order chi connectivity index (χ0) is 23.6. The number of aliphatic carboxylic acids is 1. The minimum absolute atomic E-state index is 0.0387. The van der Waals surface area contributed by atoms with Gasteiger partial charge in [0.15, 0.2) is 17.0 Å². The van der Waals surface area contributed by atoms with Crippen molar-refractivity contribution in [1.82, 2.24) is 5.32 Å². The SMILES string of the molecule is COc1ccc2c(c1[C@@](Cc1ccccc1)(NC(=O)c1c(Cl)cccc1Cl)C(=O)O)OCO2. The molecule has 1 heterocycles. The maximum atomic E-state index is 13.4. The van der Waals surface area contributed by atoms with Gasteiger partial charge in [0.1, 0.15) is 5.75 Å². The van der Waals surface area contributed by atoms with Crippen molar-refractivity contribution in [3.63, 3.8) is 0 Å². The normalized spacial score (nSPS) is 13.8. The van der Waals surface area contributed by atoms with E-state index in [1.165, 1.54) is 19.2 Å². The summed E-state index contributed by atoms with van der Waals surface area (Å²) >= 11 is 12.5. The van der Waals surface area contributed by atoms with Gasteiger partial charge in [-0.15, -0.1) is 0 Å². The number of carboxylic acid groups (broad SMARTS) is 1. The molecule has 1 atom stereocenters. The molecule has 1 aliphatic rings. The minimum Gasteiger partial charge on any atom is -0.496 e. The second-order valence-electron chi connectivity index (χ2n) is 7.30. The molecule has 1 aliphatic heterocycles. The van der Waals surface area contributed by atoms with Crippen LogP contribution in [-0.2, 0) is 16.8 Å². The molecule has 0 unspecified atom stereocenters. The number of methoxy groups -OCH3 is 1. The van der Waals surface area contributed by atoms with E-state index >= 15 is 0 Å². The van der Waals surface area contributed by atoms with Crippen molar-refractivity contribution in [1.29, 1.82) is 0 Å². The van der Waals surface area contributed by atoms with Crippen LogP contribution in [0.2, 0.25) is 10.0 Å². The number of carbonyl (C=O) groups is 2. The van der Waals surface area contributed by atoms with Crippen molar-refractivity contribution < 1.29 is 28.9 Å². The molecule has 4 rings (SSSR count). The van der Waals surface area contributed by atoms with E-state index in [4.69, 9.17) is 37.4 Å². The van der Waals surface area contributed by atoms with Crippen LogP contribution in [0.25, 0.3) is 0 Å². The van der Waals surface area contributed by atoms with Gasteiger partial charge >= 0.3 is 5.97 Å². The van der Waals surface area contributed by atoms with Crippen molar-refractivity contribution in [3.8, 4) is 17.2 Å². The van der Waals surface area contributed by atoms with Gasteiger partial charge in [-0.1, -0.05) is 59.6 Å². The van der Waals surface area contributed by atoms with E-state index in [-0.39, 0.29) is 45.9 Å². The third-order valence-corrected chi connectivity index (χ3v) is 5.97. The summed E-state index contributed by atoms with van der Waals surface area (Å²) in [7, 11) is 1.41. The van der Waals surface area contributed by atoms with Gasteiger partial charge < -0.3 is 24.6 Å². The Morgan fingerprint density at radius 3 is 2.36 bits per heavy atom. The van der Waals surface area contributed by atoms with Gasteiger partial charge in [0.2, 0.25) is 6.79 Å². The van der Waals surface area contributed by atoms with Crippen LogP contribution in [0.5, 0.6) is 17.2 Å². The molecule has 33 heavy (non-hydrogen) atoms. The average Bonchev–Trinajstić information content (AvgIpc) is 3.27. The highest BCUT2D eigenvalue weighted by atomic mass is 35.5. The molecule has 2 N–H and O–H groups in total. The van der Waals surface area contributed by atoms with Crippen LogP contribution < -0.4 is 19.5 Å². The fourth-order valence-corrected chi connectivity index (χ4v) is 4.40. The first kappa shape index (κ1) is 22.8. The number of fused-ring (bicyclic) bond motifs is 1. The van der Waals surface area contributed by atoms with E-state index < -0.39 is 17.4 Å². The lowest BCUT2D eigenvalue weighted by molar-refractivity contribution is -0.145. The highest BCUT2D eigenvalue weighted by molar-refractivity contribution is 6.39. The molecule has 0 radical (unpaired) electrons. The molecule has 0 spiro atoms. The number of ether oxygens (including phenoxy) is 3. The Bertz CT molecular complexity index is 1200. The lowest BCUT2D eigenvalue weighted by Gasteiger charge is -2.33. The predicted octanol–water partition coefficient (Wildman–Crippen LogP) is 4.68. The Balaban J connectivity index is 1.94. The third kappa shape index (κ3) is 4.17. The van der Waals surface area contributed by atoms with Gasteiger partial charge in [-0.2, -0.15) is 0 Å². The van der Waals surface area contributed by atoms with Crippen LogP contribution in [-0.4, -0.2) is 30.9 Å². The summed E-state index contributed by atoms with van der Waals surface area (Å²) in [6, 6.07) is 16.7. The molecule has 0 bridgehead atoms. The Kier molecular flexibility index (Phi) is 6.35. The first-order valence-electron chi connectivity index (χ1n) is 9.88. The number of amides is 1. The Labute approximate surface area is 199 Å². The van der Waals surface area contributed by atoms with Crippen LogP contribution in [0, 0.1) is 0 Å². The third-order valence-electron chi connectivity index (χ3n) is 5.34. The molecule has 0 aliphatic carbocycles. The number of carboxylic acids is 1. The predicted molar refractivity (Wildman–Crippen MR) is 123 cm³/mol. The molecule has 0 aromatic heterocycles. The smallest absolute Gasteiger partial charge is 0.334 e. The molecular formula is C24H19Cl2NO6. The van der Waals surface area contributed by atoms with Crippen molar-refractivity contribution in [2.45, 2.75) is 12.0 Å². The lowest BCUT2D eigenvalue weighted by Crippen LogP contribution is -2.54. The highest BCUT2D eigenvalue weighted by Crippen LogP contribution is 2.47. The summed E-state index contributed by atoms with van der Waals surface area (Å²) in [4.78, 5) is 26.4. The summed E-state index contributed by atoms with van der Waals surface area (Å²) in [6.07, 6.45) is -0.118. The van der Waals surface area contributed by atoms with Crippen LogP contribution in [0.4, 0.5) is 0 Å². The maximum Gasteiger partial charge on any atom is 0.334 e. The fraction of sp³-hybridized carbons (Fsp3) is 0.167. The number of hydrogen-bond donors (Lipinski definition) is 2. The van der Waals surface area contributed by atoms with Crippen LogP contribution in [0.1, 0.15) is 21.5 Å². The summed E-state index contributed by atoms with van der Waals surface area (Å²) in [5, 5.41) is 13.4. The van der Waals surface area contributed by atoms with Crippen molar-refractivity contribution in [3.05, 3.63) is 87.4 Å². The molecule has 0 saturated carbocycles. The van der Waals surface area contributed by atoms with Gasteiger partial charge in [-0.05, 0) is 29.8 Å². The summed E-state index contributed by atoms with van der Waals surface area (Å²) in [5.41, 5.74) is -1.27. The second kappa shape index (κ2) is 9.21. The van der Waals surface area contributed by atoms with E-state index in [9.17, 15) is 14.7 Å². The summed E-state index contributed by atoms with van der Waals surface area (Å²) in [6.45, 7) is -0.0964. The fourth-order valence-electron chi connectivity index (χ4n) is 3.83. The van der Waals surface area contributed by atoms with Crippen LogP contribution in [0.15, 0.2) is 60.7 Å². The maximum absolute atomic E-state index is 13.4. The van der Waals surface area contributed by atoms with E-state index in [1.807, 2.05) is 6.07 Å². The first-order chi connectivity index (χ1) is 15.9. The molecule has 7 nitrogen and oxygen atoms in total. The quantitative estimate of drug-likeness (QED) is 0.502. The molecular weight excluding hydrogens is 469 g/mol. The van der Waals surface area contributed by atoms with Crippen LogP contribution in [0.3, 0.4) is 0 Å². The van der Waals surface area contributed by atoms with Gasteiger partial charge in [-0.3, -0.25) is 4.79 Å². The number of carbonyl (C=O) groups excluding carboxylic acids is 1. The molecule has 3 aromatic carbocycles. The van der Waals surface area contributed by atoms with E-state index in [0.717, 1.165) is 0 Å². The summed E-state index contributed by atoms with van der Waals surface area (Å²) < 4.78 is 16.6. The van der Waals surface area contributed by atoms with E-state index in [2.05, 4.69) is 5.32 Å². The van der Waals surface area contributed by atoms with E-state index in [0.29, 0.717) is 11.3 Å². The van der Waals surface area contributed by atoms with Crippen molar-refractivity contribution >= 4 is 35.1 Å². The number of hydrogen-bond acceptors (Lipinski definition) is 5. The largest absolute Gasteiger partial charge is 0.496 e. The number of halogens is 2. The highest BCUT2D eigenvalue weighted by Gasteiger charge is 2.48. The topological polar surface area (TPSA) is 94.1 Å². The molecule has 0 saturated heterocycles. The Morgan fingerprint density at radius 1 is 1.03 bits per heavy atom. The number of rotatable bonds is 7. The van der Waals surface area contributed by atoms with Crippen LogP contribution >= 0.6 is 23.2 Å². The lowest BCUT2D eigenvalue weighted by atomic mass is 9.81. The van der Waals surface area contributed by atoms with Gasteiger partial charge in [0.25, 0.3) is 5.91 Å². The van der Waals surface area contributed by atoms with Gasteiger partial charge in [0, 0.05) is 6.42 Å². The number of benzene rings is 3. The average molecular weight is 488 g/mol. The molecule has 9 heteroatoms. The number of nitrogens with one attached hydrogen (secondary N) is 1.